The summed E-state index contributed by atoms with van der Waals surface area (Å²) in [5.74, 6) is -0.166. The molecule has 0 aromatic rings. The number of hydrogen-bond acceptors (Lipinski definition) is 3. The van der Waals surface area contributed by atoms with Crippen LogP contribution in [0.2, 0.25) is 0 Å². The van der Waals surface area contributed by atoms with E-state index < -0.39 is 0 Å². The van der Waals surface area contributed by atoms with Crippen molar-refractivity contribution in [3.8, 4) is 0 Å². The Balaban J connectivity index is 3.01. The Hall–Kier alpha value is -0.570. The Morgan fingerprint density at radius 3 is 2.50 bits per heavy atom. The van der Waals surface area contributed by atoms with E-state index >= 15 is 0 Å². The lowest BCUT2D eigenvalue weighted by atomic mass is 10.2. The molecule has 3 nitrogen and oxygen atoms in total. The number of ether oxygens (including phenoxy) is 2. The SMILES string of the molecule is CCCCCCOCCC(=O)OCC. The lowest BCUT2D eigenvalue weighted by molar-refractivity contribution is -0.144. The van der Waals surface area contributed by atoms with Crippen LogP contribution in [0.4, 0.5) is 0 Å². The molecule has 0 radical (unpaired) electrons. The summed E-state index contributed by atoms with van der Waals surface area (Å²) in [4.78, 5) is 10.9. The number of rotatable bonds is 9. The molecule has 0 fully saturated rings. The molecule has 14 heavy (non-hydrogen) atoms. The average molecular weight is 202 g/mol. The summed E-state index contributed by atoms with van der Waals surface area (Å²) in [5.41, 5.74) is 0. The Bertz CT molecular complexity index is 134. The number of carbonyl (C=O) groups excluding carboxylic acids is 1. The molecule has 0 unspecified atom stereocenters. The maximum Gasteiger partial charge on any atom is 0.308 e. The highest BCUT2D eigenvalue weighted by atomic mass is 16.5. The van der Waals surface area contributed by atoms with E-state index in [1.165, 1.54) is 19.3 Å². The van der Waals surface area contributed by atoms with Crippen LogP contribution in [0, 0.1) is 0 Å². The van der Waals surface area contributed by atoms with Crippen LogP contribution < -0.4 is 0 Å². The van der Waals surface area contributed by atoms with Crippen LogP contribution in [-0.2, 0) is 14.3 Å². The van der Waals surface area contributed by atoms with Gasteiger partial charge in [-0.05, 0) is 13.3 Å². The molecule has 0 rings (SSSR count). The Morgan fingerprint density at radius 1 is 1.07 bits per heavy atom. The first kappa shape index (κ1) is 13.4. The van der Waals surface area contributed by atoms with Crippen LogP contribution in [-0.4, -0.2) is 25.8 Å². The van der Waals surface area contributed by atoms with Crippen molar-refractivity contribution in [1.82, 2.24) is 0 Å². The Kier molecular flexibility index (Phi) is 10.1. The van der Waals surface area contributed by atoms with E-state index in [1.54, 1.807) is 0 Å². The van der Waals surface area contributed by atoms with Crippen LogP contribution in [0.15, 0.2) is 0 Å². The highest BCUT2D eigenvalue weighted by Crippen LogP contribution is 1.99. The summed E-state index contributed by atoms with van der Waals surface area (Å²) in [7, 11) is 0. The Labute approximate surface area is 86.8 Å². The van der Waals surface area contributed by atoms with Crippen molar-refractivity contribution in [2.45, 2.75) is 46.0 Å². The Morgan fingerprint density at radius 2 is 1.86 bits per heavy atom. The van der Waals surface area contributed by atoms with Crippen LogP contribution in [0.25, 0.3) is 0 Å². The predicted octanol–water partition coefficient (Wildman–Crippen LogP) is 2.54. The van der Waals surface area contributed by atoms with Gasteiger partial charge in [-0.15, -0.1) is 0 Å². The first-order chi connectivity index (χ1) is 6.81. The molecular formula is C11H22O3. The highest BCUT2D eigenvalue weighted by Gasteiger charge is 2.00. The van der Waals surface area contributed by atoms with Gasteiger partial charge in [-0.3, -0.25) is 4.79 Å². The van der Waals surface area contributed by atoms with Gasteiger partial charge in [-0.25, -0.2) is 0 Å². The van der Waals surface area contributed by atoms with Gasteiger partial charge in [0.05, 0.1) is 19.6 Å². The van der Waals surface area contributed by atoms with E-state index in [-0.39, 0.29) is 5.97 Å². The molecule has 0 bridgehead atoms. The standard InChI is InChI=1S/C11H22O3/c1-3-5-6-7-9-13-10-8-11(12)14-4-2/h3-10H2,1-2H3. The summed E-state index contributed by atoms with van der Waals surface area (Å²) >= 11 is 0. The van der Waals surface area contributed by atoms with Gasteiger partial charge in [0.25, 0.3) is 0 Å². The van der Waals surface area contributed by atoms with Gasteiger partial charge in [-0.1, -0.05) is 26.2 Å². The van der Waals surface area contributed by atoms with Gasteiger partial charge in [0.15, 0.2) is 0 Å². The van der Waals surface area contributed by atoms with Gasteiger partial charge >= 0.3 is 5.97 Å². The molecule has 0 saturated carbocycles. The van der Waals surface area contributed by atoms with E-state index in [9.17, 15) is 4.79 Å². The van der Waals surface area contributed by atoms with E-state index in [0.717, 1.165) is 13.0 Å². The van der Waals surface area contributed by atoms with E-state index in [0.29, 0.717) is 19.6 Å². The van der Waals surface area contributed by atoms with E-state index in [1.807, 2.05) is 6.92 Å². The molecule has 0 amide bonds. The average Bonchev–Trinajstić information content (AvgIpc) is 2.17. The largest absolute Gasteiger partial charge is 0.466 e. The molecule has 0 N–H and O–H groups in total. The van der Waals surface area contributed by atoms with E-state index in [2.05, 4.69) is 6.92 Å². The summed E-state index contributed by atoms with van der Waals surface area (Å²) in [6.07, 6.45) is 5.19. The fourth-order valence-electron chi connectivity index (χ4n) is 1.12. The van der Waals surface area contributed by atoms with Gasteiger partial charge in [0.2, 0.25) is 0 Å². The maximum absolute atomic E-state index is 10.9. The number of esters is 1. The van der Waals surface area contributed by atoms with Crippen LogP contribution >= 0.6 is 0 Å². The maximum atomic E-state index is 10.9. The van der Waals surface area contributed by atoms with Crippen LogP contribution in [0.1, 0.15) is 46.0 Å². The van der Waals surface area contributed by atoms with Crippen molar-refractivity contribution in [2.24, 2.45) is 0 Å². The molecule has 0 saturated heterocycles. The van der Waals surface area contributed by atoms with Gasteiger partial charge < -0.3 is 9.47 Å². The molecule has 0 aliphatic rings. The smallest absolute Gasteiger partial charge is 0.308 e. The first-order valence-corrected chi connectivity index (χ1v) is 5.54. The lowest BCUT2D eigenvalue weighted by Gasteiger charge is -2.03. The van der Waals surface area contributed by atoms with Gasteiger partial charge in [-0.2, -0.15) is 0 Å². The molecular weight excluding hydrogens is 180 g/mol. The molecule has 3 heteroatoms. The second kappa shape index (κ2) is 10.5. The minimum Gasteiger partial charge on any atom is -0.466 e. The quantitative estimate of drug-likeness (QED) is 0.426. The zero-order valence-electron chi connectivity index (χ0n) is 9.38. The number of hydrogen-bond donors (Lipinski definition) is 0. The number of carbonyl (C=O) groups is 1. The summed E-state index contributed by atoms with van der Waals surface area (Å²) < 4.78 is 10.1. The van der Waals surface area contributed by atoms with Crippen molar-refractivity contribution >= 4 is 5.97 Å². The van der Waals surface area contributed by atoms with Crippen molar-refractivity contribution in [1.29, 1.82) is 0 Å². The zero-order chi connectivity index (χ0) is 10.6. The first-order valence-electron chi connectivity index (χ1n) is 5.54. The van der Waals surface area contributed by atoms with Crippen molar-refractivity contribution in [2.75, 3.05) is 19.8 Å². The van der Waals surface area contributed by atoms with Gasteiger partial charge in [0, 0.05) is 6.61 Å². The normalized spacial score (nSPS) is 10.1. The minimum absolute atomic E-state index is 0.166. The molecule has 0 aliphatic carbocycles. The third-order valence-corrected chi connectivity index (χ3v) is 1.90. The highest BCUT2D eigenvalue weighted by molar-refractivity contribution is 5.69. The third-order valence-electron chi connectivity index (χ3n) is 1.90. The fraction of sp³-hybridized carbons (Fsp3) is 0.909. The molecule has 0 aromatic carbocycles. The molecule has 0 atom stereocenters. The fourth-order valence-corrected chi connectivity index (χ4v) is 1.12. The van der Waals surface area contributed by atoms with Gasteiger partial charge in [0.1, 0.15) is 0 Å². The molecule has 84 valence electrons. The van der Waals surface area contributed by atoms with Crippen LogP contribution in [0.5, 0.6) is 0 Å². The topological polar surface area (TPSA) is 35.5 Å². The minimum atomic E-state index is -0.166. The molecule has 0 heterocycles. The number of unbranched alkanes of at least 4 members (excludes halogenated alkanes) is 3. The monoisotopic (exact) mass is 202 g/mol. The van der Waals surface area contributed by atoms with Crippen LogP contribution in [0.3, 0.4) is 0 Å². The second-order valence-electron chi connectivity index (χ2n) is 3.23. The zero-order valence-corrected chi connectivity index (χ0v) is 9.38. The van der Waals surface area contributed by atoms with Crippen molar-refractivity contribution in [3.63, 3.8) is 0 Å². The van der Waals surface area contributed by atoms with Crippen molar-refractivity contribution < 1.29 is 14.3 Å². The molecule has 0 aliphatic heterocycles. The predicted molar refractivity (Wildman–Crippen MR) is 56.2 cm³/mol. The summed E-state index contributed by atoms with van der Waals surface area (Å²) in [6, 6.07) is 0. The summed E-state index contributed by atoms with van der Waals surface area (Å²) in [5, 5.41) is 0. The van der Waals surface area contributed by atoms with E-state index in [4.69, 9.17) is 9.47 Å². The molecule has 0 spiro atoms. The molecule has 0 aromatic heterocycles. The lowest BCUT2D eigenvalue weighted by Crippen LogP contribution is -2.08. The second-order valence-corrected chi connectivity index (χ2v) is 3.23. The van der Waals surface area contributed by atoms with Crippen molar-refractivity contribution in [3.05, 3.63) is 0 Å². The summed E-state index contributed by atoms with van der Waals surface area (Å²) in [6.45, 7) is 5.70. The third kappa shape index (κ3) is 9.52.